The van der Waals surface area contributed by atoms with Crippen LogP contribution in [0, 0.1) is 0 Å². The number of rotatable bonds is 5. The normalized spacial score (nSPS) is 13.9. The molecular weight excluding hydrogens is 222 g/mol. The largest absolute Gasteiger partial charge is 0.507 e. The monoisotopic (exact) mass is 237 g/mol. The van der Waals surface area contributed by atoms with Gasteiger partial charge in [-0.25, -0.2) is 4.79 Å². The highest BCUT2D eigenvalue weighted by Gasteiger charge is 2.23. The van der Waals surface area contributed by atoms with Crippen molar-refractivity contribution in [3.05, 3.63) is 41.6 Å². The molecule has 0 spiro atoms. The van der Waals surface area contributed by atoms with Gasteiger partial charge < -0.3 is 15.3 Å². The van der Waals surface area contributed by atoms with E-state index in [9.17, 15) is 15.0 Å². The summed E-state index contributed by atoms with van der Waals surface area (Å²) < 4.78 is 0. The summed E-state index contributed by atoms with van der Waals surface area (Å²) in [5, 5.41) is 27.6. The number of nitrogens with zero attached hydrogens (tertiary/aromatic N) is 1. The van der Waals surface area contributed by atoms with Gasteiger partial charge >= 0.3 is 5.97 Å². The van der Waals surface area contributed by atoms with E-state index in [0.717, 1.165) is 6.42 Å². The van der Waals surface area contributed by atoms with Gasteiger partial charge in [0, 0.05) is 6.20 Å². The van der Waals surface area contributed by atoms with Crippen molar-refractivity contribution in [1.82, 2.24) is 4.98 Å². The van der Waals surface area contributed by atoms with Crippen molar-refractivity contribution < 1.29 is 20.1 Å². The van der Waals surface area contributed by atoms with E-state index in [1.165, 1.54) is 0 Å². The maximum atomic E-state index is 10.6. The van der Waals surface area contributed by atoms with Gasteiger partial charge in [-0.05, 0) is 18.6 Å². The molecule has 0 saturated carbocycles. The molecule has 5 nitrogen and oxygen atoms in total. The molecule has 1 unspecified atom stereocenters. The minimum absolute atomic E-state index is 0.514. The van der Waals surface area contributed by atoms with Crippen LogP contribution in [-0.2, 0) is 4.79 Å². The number of hydrogen-bond donors (Lipinski definition) is 3. The van der Waals surface area contributed by atoms with Gasteiger partial charge in [-0.15, -0.1) is 0 Å². The number of carbonyl (C=O) groups is 1. The number of allylic oxidation sites excluding steroid dienone is 1. The maximum absolute atomic E-state index is 10.6. The fourth-order valence-electron chi connectivity index (χ4n) is 1.57. The Kier molecular flexibility index (Phi) is 4.51. The minimum atomic E-state index is -1.54. The number of aliphatic hydroxyl groups is 2. The Morgan fingerprint density at radius 3 is 2.53 bits per heavy atom. The summed E-state index contributed by atoms with van der Waals surface area (Å²) in [6, 6.07) is 5.16. The molecule has 5 heteroatoms. The maximum Gasteiger partial charge on any atom is 0.374 e. The standard InChI is InChI=1S/C12H15NO4/c1-2-5-8(9-6-3-4-7-13-9)10(14)11(15)12(16)17/h3-4,6-8,14-15H,2,5H2,1H3,(H,16,17). The Morgan fingerprint density at radius 1 is 1.35 bits per heavy atom. The number of pyridine rings is 1. The van der Waals surface area contributed by atoms with Crippen molar-refractivity contribution in [1.29, 1.82) is 0 Å². The van der Waals surface area contributed by atoms with Crippen molar-refractivity contribution in [3.8, 4) is 0 Å². The second-order valence-electron chi connectivity index (χ2n) is 3.63. The SMILES string of the molecule is CCCC(C(O)=C(O)C(=O)O)c1ccccn1. The fourth-order valence-corrected chi connectivity index (χ4v) is 1.57. The van der Waals surface area contributed by atoms with Crippen LogP contribution in [0.25, 0.3) is 0 Å². The summed E-state index contributed by atoms with van der Waals surface area (Å²) in [6.07, 6.45) is 2.81. The molecule has 0 radical (unpaired) electrons. The molecule has 0 bridgehead atoms. The van der Waals surface area contributed by atoms with Crippen molar-refractivity contribution >= 4 is 5.97 Å². The average Bonchev–Trinajstić information content (AvgIpc) is 2.35. The second-order valence-corrected chi connectivity index (χ2v) is 3.63. The molecule has 1 aromatic heterocycles. The first-order valence-corrected chi connectivity index (χ1v) is 5.34. The van der Waals surface area contributed by atoms with Gasteiger partial charge in [0.1, 0.15) is 0 Å². The van der Waals surface area contributed by atoms with Crippen molar-refractivity contribution in [3.63, 3.8) is 0 Å². The Hall–Kier alpha value is -2.04. The van der Waals surface area contributed by atoms with E-state index in [0.29, 0.717) is 12.1 Å². The third kappa shape index (κ3) is 3.21. The summed E-state index contributed by atoms with van der Waals surface area (Å²) in [4.78, 5) is 14.7. The minimum Gasteiger partial charge on any atom is -0.507 e. The molecule has 0 aromatic carbocycles. The zero-order valence-corrected chi connectivity index (χ0v) is 9.50. The van der Waals surface area contributed by atoms with Crippen LogP contribution in [0.1, 0.15) is 31.4 Å². The number of carboxylic acids is 1. The molecule has 0 fully saturated rings. The predicted octanol–water partition coefficient (Wildman–Crippen LogP) is 2.38. The van der Waals surface area contributed by atoms with E-state index in [1.807, 2.05) is 6.92 Å². The molecule has 0 aliphatic heterocycles. The van der Waals surface area contributed by atoms with Crippen molar-refractivity contribution in [2.45, 2.75) is 25.7 Å². The lowest BCUT2D eigenvalue weighted by atomic mass is 9.96. The van der Waals surface area contributed by atoms with E-state index in [-0.39, 0.29) is 0 Å². The average molecular weight is 237 g/mol. The Balaban J connectivity index is 3.10. The van der Waals surface area contributed by atoms with Crippen LogP contribution in [0.5, 0.6) is 0 Å². The number of hydrogen-bond acceptors (Lipinski definition) is 4. The number of carboxylic acid groups (broad SMARTS) is 1. The third-order valence-corrected chi connectivity index (χ3v) is 2.40. The van der Waals surface area contributed by atoms with E-state index < -0.39 is 23.4 Å². The first-order chi connectivity index (χ1) is 8.07. The number of aromatic nitrogens is 1. The molecule has 0 aliphatic rings. The van der Waals surface area contributed by atoms with E-state index >= 15 is 0 Å². The van der Waals surface area contributed by atoms with Gasteiger partial charge in [-0.2, -0.15) is 0 Å². The number of aliphatic carboxylic acids is 1. The van der Waals surface area contributed by atoms with Crippen LogP contribution < -0.4 is 0 Å². The molecule has 0 aliphatic carbocycles. The lowest BCUT2D eigenvalue weighted by Crippen LogP contribution is -2.11. The number of aliphatic hydroxyl groups excluding tert-OH is 2. The molecule has 92 valence electrons. The van der Waals surface area contributed by atoms with E-state index in [2.05, 4.69) is 4.98 Å². The lowest BCUT2D eigenvalue weighted by molar-refractivity contribution is -0.136. The van der Waals surface area contributed by atoms with Crippen LogP contribution >= 0.6 is 0 Å². The van der Waals surface area contributed by atoms with Crippen LogP contribution in [0.3, 0.4) is 0 Å². The van der Waals surface area contributed by atoms with E-state index in [4.69, 9.17) is 5.11 Å². The van der Waals surface area contributed by atoms with Gasteiger partial charge in [0.2, 0.25) is 5.76 Å². The summed E-state index contributed by atoms with van der Waals surface area (Å²) in [5.74, 6) is -3.69. The van der Waals surface area contributed by atoms with Crippen LogP contribution in [0.4, 0.5) is 0 Å². The van der Waals surface area contributed by atoms with Crippen LogP contribution in [0.15, 0.2) is 35.9 Å². The molecule has 3 N–H and O–H groups in total. The third-order valence-electron chi connectivity index (χ3n) is 2.40. The molecule has 0 saturated heterocycles. The van der Waals surface area contributed by atoms with Gasteiger partial charge in [0.25, 0.3) is 0 Å². The highest BCUT2D eigenvalue weighted by molar-refractivity contribution is 5.84. The lowest BCUT2D eigenvalue weighted by Gasteiger charge is -2.15. The molecule has 1 atom stereocenters. The molecular formula is C12H15NO4. The molecule has 0 amide bonds. The van der Waals surface area contributed by atoms with Gasteiger partial charge in [-0.3, -0.25) is 4.98 Å². The molecule has 17 heavy (non-hydrogen) atoms. The first-order valence-electron chi connectivity index (χ1n) is 5.34. The zero-order valence-electron chi connectivity index (χ0n) is 9.50. The molecule has 1 rings (SSSR count). The predicted molar refractivity (Wildman–Crippen MR) is 61.8 cm³/mol. The summed E-state index contributed by atoms with van der Waals surface area (Å²) in [6.45, 7) is 1.90. The summed E-state index contributed by atoms with van der Waals surface area (Å²) in [7, 11) is 0. The molecule has 1 heterocycles. The zero-order chi connectivity index (χ0) is 12.8. The highest BCUT2D eigenvalue weighted by Crippen LogP contribution is 2.27. The summed E-state index contributed by atoms with van der Waals surface area (Å²) in [5.41, 5.74) is 0.541. The van der Waals surface area contributed by atoms with Crippen LogP contribution in [-0.4, -0.2) is 26.3 Å². The van der Waals surface area contributed by atoms with Gasteiger partial charge in [-0.1, -0.05) is 19.4 Å². The molecule has 1 aromatic rings. The first kappa shape index (κ1) is 13.0. The Bertz CT molecular complexity index is 414. The quantitative estimate of drug-likeness (QED) is 0.540. The Labute approximate surface area is 99.1 Å². The topological polar surface area (TPSA) is 90.7 Å². The van der Waals surface area contributed by atoms with Gasteiger partial charge in [0.05, 0.1) is 11.6 Å². The Morgan fingerprint density at radius 2 is 2.06 bits per heavy atom. The summed E-state index contributed by atoms with van der Waals surface area (Å²) >= 11 is 0. The van der Waals surface area contributed by atoms with Crippen molar-refractivity contribution in [2.24, 2.45) is 0 Å². The smallest absolute Gasteiger partial charge is 0.374 e. The van der Waals surface area contributed by atoms with E-state index in [1.54, 1.807) is 24.4 Å². The van der Waals surface area contributed by atoms with Gasteiger partial charge in [0.15, 0.2) is 5.76 Å². The second kappa shape index (κ2) is 5.89. The fraction of sp³-hybridized carbons (Fsp3) is 0.333. The van der Waals surface area contributed by atoms with Crippen molar-refractivity contribution in [2.75, 3.05) is 0 Å². The van der Waals surface area contributed by atoms with Crippen LogP contribution in [0.2, 0.25) is 0 Å². The highest BCUT2D eigenvalue weighted by atomic mass is 16.4.